The predicted molar refractivity (Wildman–Crippen MR) is 63.4 cm³/mol. The minimum absolute atomic E-state index is 0.505. The van der Waals surface area contributed by atoms with Crippen LogP contribution in [0.3, 0.4) is 0 Å². The maximum Gasteiger partial charge on any atom is 0.132 e. The van der Waals surface area contributed by atoms with E-state index in [1.54, 1.807) is 0 Å². The summed E-state index contributed by atoms with van der Waals surface area (Å²) in [6.45, 7) is 0. The summed E-state index contributed by atoms with van der Waals surface area (Å²) in [5.41, 5.74) is 2.09. The van der Waals surface area contributed by atoms with E-state index in [0.717, 1.165) is 17.1 Å². The number of pyridine rings is 1. The molecule has 0 saturated carbocycles. The standard InChI is InChI=1S/C11H12ClN3/c1-15(2)11-7-8(6-10(12)14-11)9-4-3-5-13-9/h3-7,13H,1-2H3. The lowest BCUT2D eigenvalue weighted by atomic mass is 10.2. The maximum atomic E-state index is 5.96. The van der Waals surface area contributed by atoms with E-state index in [4.69, 9.17) is 11.6 Å². The van der Waals surface area contributed by atoms with Crippen molar-refractivity contribution in [3.8, 4) is 11.3 Å². The van der Waals surface area contributed by atoms with Crippen molar-refractivity contribution >= 4 is 17.4 Å². The number of aromatic nitrogens is 2. The molecule has 2 rings (SSSR count). The fourth-order valence-corrected chi connectivity index (χ4v) is 1.58. The Bertz CT molecular complexity index is 449. The third kappa shape index (κ3) is 2.13. The van der Waals surface area contributed by atoms with Crippen LogP contribution in [-0.2, 0) is 0 Å². The molecule has 0 radical (unpaired) electrons. The highest BCUT2D eigenvalue weighted by atomic mass is 35.5. The van der Waals surface area contributed by atoms with Gasteiger partial charge in [0.15, 0.2) is 0 Å². The molecule has 0 aromatic carbocycles. The summed E-state index contributed by atoms with van der Waals surface area (Å²) in [6, 6.07) is 7.81. The smallest absolute Gasteiger partial charge is 0.132 e. The molecule has 0 saturated heterocycles. The topological polar surface area (TPSA) is 31.9 Å². The summed E-state index contributed by atoms with van der Waals surface area (Å²) < 4.78 is 0. The SMILES string of the molecule is CN(C)c1cc(-c2ccc[nH]2)cc(Cl)n1. The Morgan fingerprint density at radius 3 is 2.73 bits per heavy atom. The van der Waals surface area contributed by atoms with E-state index in [1.165, 1.54) is 0 Å². The normalized spacial score (nSPS) is 10.3. The Labute approximate surface area is 93.7 Å². The van der Waals surface area contributed by atoms with Gasteiger partial charge in [-0.3, -0.25) is 0 Å². The number of nitrogens with one attached hydrogen (secondary N) is 1. The average molecular weight is 222 g/mol. The van der Waals surface area contributed by atoms with E-state index in [1.807, 2.05) is 49.5 Å². The molecule has 0 aliphatic carbocycles. The number of anilines is 1. The van der Waals surface area contributed by atoms with Crippen molar-refractivity contribution < 1.29 is 0 Å². The fourth-order valence-electron chi connectivity index (χ4n) is 1.38. The van der Waals surface area contributed by atoms with E-state index in [-0.39, 0.29) is 0 Å². The molecule has 4 heteroatoms. The molecule has 0 atom stereocenters. The summed E-state index contributed by atoms with van der Waals surface area (Å²) >= 11 is 5.96. The summed E-state index contributed by atoms with van der Waals surface area (Å²) in [6.07, 6.45) is 1.89. The molecular formula is C11H12ClN3. The van der Waals surface area contributed by atoms with Gasteiger partial charge in [0.1, 0.15) is 11.0 Å². The second kappa shape index (κ2) is 3.95. The first-order valence-corrected chi connectivity index (χ1v) is 5.03. The van der Waals surface area contributed by atoms with Gasteiger partial charge in [0.05, 0.1) is 0 Å². The van der Waals surface area contributed by atoms with Crippen molar-refractivity contribution in [3.63, 3.8) is 0 Å². The fraction of sp³-hybridized carbons (Fsp3) is 0.182. The van der Waals surface area contributed by atoms with Gasteiger partial charge in [0, 0.05) is 31.5 Å². The Balaban J connectivity index is 2.49. The van der Waals surface area contributed by atoms with Crippen LogP contribution < -0.4 is 4.90 Å². The number of rotatable bonds is 2. The van der Waals surface area contributed by atoms with Gasteiger partial charge in [-0.15, -0.1) is 0 Å². The Morgan fingerprint density at radius 1 is 1.33 bits per heavy atom. The minimum atomic E-state index is 0.505. The average Bonchev–Trinajstić information content (AvgIpc) is 2.69. The highest BCUT2D eigenvalue weighted by Crippen LogP contribution is 2.24. The van der Waals surface area contributed by atoms with Gasteiger partial charge >= 0.3 is 0 Å². The van der Waals surface area contributed by atoms with Crippen molar-refractivity contribution in [1.29, 1.82) is 0 Å². The van der Waals surface area contributed by atoms with E-state index in [9.17, 15) is 0 Å². The molecule has 0 bridgehead atoms. The molecule has 78 valence electrons. The molecule has 0 amide bonds. The molecule has 0 unspecified atom stereocenters. The van der Waals surface area contributed by atoms with Crippen LogP contribution in [0.2, 0.25) is 5.15 Å². The number of hydrogen-bond donors (Lipinski definition) is 1. The van der Waals surface area contributed by atoms with Crippen LogP contribution in [0, 0.1) is 0 Å². The first-order valence-electron chi connectivity index (χ1n) is 4.65. The van der Waals surface area contributed by atoms with Gasteiger partial charge in [-0.05, 0) is 24.3 Å². The minimum Gasteiger partial charge on any atom is -0.363 e. The Morgan fingerprint density at radius 2 is 2.13 bits per heavy atom. The first-order chi connectivity index (χ1) is 7.16. The van der Waals surface area contributed by atoms with Crippen LogP contribution in [-0.4, -0.2) is 24.1 Å². The molecule has 15 heavy (non-hydrogen) atoms. The number of aromatic amines is 1. The molecular weight excluding hydrogens is 210 g/mol. The second-order valence-electron chi connectivity index (χ2n) is 3.51. The monoisotopic (exact) mass is 221 g/mol. The molecule has 2 heterocycles. The van der Waals surface area contributed by atoms with Crippen LogP contribution >= 0.6 is 11.6 Å². The molecule has 3 nitrogen and oxygen atoms in total. The van der Waals surface area contributed by atoms with Gasteiger partial charge in [0.2, 0.25) is 0 Å². The zero-order chi connectivity index (χ0) is 10.8. The van der Waals surface area contributed by atoms with E-state index in [2.05, 4.69) is 9.97 Å². The maximum absolute atomic E-state index is 5.96. The van der Waals surface area contributed by atoms with Gasteiger partial charge in [-0.1, -0.05) is 11.6 Å². The molecule has 2 aromatic rings. The van der Waals surface area contributed by atoms with Crippen molar-refractivity contribution in [2.75, 3.05) is 19.0 Å². The van der Waals surface area contributed by atoms with Crippen LogP contribution in [0.1, 0.15) is 0 Å². The summed E-state index contributed by atoms with van der Waals surface area (Å²) in [5, 5.41) is 0.505. The summed E-state index contributed by atoms with van der Waals surface area (Å²) in [7, 11) is 3.88. The number of hydrogen-bond acceptors (Lipinski definition) is 2. The van der Waals surface area contributed by atoms with E-state index < -0.39 is 0 Å². The van der Waals surface area contributed by atoms with Gasteiger partial charge < -0.3 is 9.88 Å². The van der Waals surface area contributed by atoms with Crippen molar-refractivity contribution in [3.05, 3.63) is 35.6 Å². The zero-order valence-corrected chi connectivity index (χ0v) is 9.42. The van der Waals surface area contributed by atoms with Gasteiger partial charge in [-0.25, -0.2) is 4.98 Å². The lowest BCUT2D eigenvalue weighted by Crippen LogP contribution is -2.10. The van der Waals surface area contributed by atoms with Gasteiger partial charge in [-0.2, -0.15) is 0 Å². The van der Waals surface area contributed by atoms with Crippen LogP contribution in [0.4, 0.5) is 5.82 Å². The van der Waals surface area contributed by atoms with Crippen LogP contribution in [0.15, 0.2) is 30.5 Å². The summed E-state index contributed by atoms with van der Waals surface area (Å²) in [4.78, 5) is 9.29. The number of halogens is 1. The van der Waals surface area contributed by atoms with Crippen LogP contribution in [0.5, 0.6) is 0 Å². The third-order valence-corrected chi connectivity index (χ3v) is 2.34. The van der Waals surface area contributed by atoms with E-state index in [0.29, 0.717) is 5.15 Å². The quantitative estimate of drug-likeness (QED) is 0.791. The first kappa shape index (κ1) is 10.1. The number of nitrogens with zero attached hydrogens (tertiary/aromatic N) is 2. The van der Waals surface area contributed by atoms with Crippen molar-refractivity contribution in [1.82, 2.24) is 9.97 Å². The van der Waals surface area contributed by atoms with Crippen molar-refractivity contribution in [2.45, 2.75) is 0 Å². The molecule has 0 spiro atoms. The Hall–Kier alpha value is -1.48. The molecule has 0 fully saturated rings. The Kier molecular flexibility index (Phi) is 2.64. The highest BCUT2D eigenvalue weighted by Gasteiger charge is 2.05. The second-order valence-corrected chi connectivity index (χ2v) is 3.90. The van der Waals surface area contributed by atoms with Crippen molar-refractivity contribution in [2.24, 2.45) is 0 Å². The molecule has 2 aromatic heterocycles. The summed E-state index contributed by atoms with van der Waals surface area (Å²) in [5.74, 6) is 0.854. The van der Waals surface area contributed by atoms with Gasteiger partial charge in [0.25, 0.3) is 0 Å². The lowest BCUT2D eigenvalue weighted by Gasteiger charge is -2.12. The predicted octanol–water partition coefficient (Wildman–Crippen LogP) is 2.80. The highest BCUT2D eigenvalue weighted by molar-refractivity contribution is 6.29. The zero-order valence-electron chi connectivity index (χ0n) is 8.66. The molecule has 0 aliphatic heterocycles. The third-order valence-electron chi connectivity index (χ3n) is 2.15. The lowest BCUT2D eigenvalue weighted by molar-refractivity contribution is 1.07. The molecule has 1 N–H and O–H groups in total. The largest absolute Gasteiger partial charge is 0.363 e. The van der Waals surface area contributed by atoms with E-state index >= 15 is 0 Å². The van der Waals surface area contributed by atoms with Crippen LogP contribution in [0.25, 0.3) is 11.3 Å². The number of H-pyrrole nitrogens is 1. The molecule has 0 aliphatic rings.